The minimum absolute atomic E-state index is 0.0184. The van der Waals surface area contributed by atoms with Gasteiger partial charge in [0.15, 0.2) is 0 Å². The highest BCUT2D eigenvalue weighted by Gasteiger charge is 2.19. The van der Waals surface area contributed by atoms with Crippen LogP contribution in [0.15, 0.2) is 41.3 Å². The number of halogens is 1. The molecule has 0 unspecified atom stereocenters. The number of benzene rings is 2. The van der Waals surface area contributed by atoms with Gasteiger partial charge >= 0.3 is 0 Å². The zero-order chi connectivity index (χ0) is 15.6. The maximum Gasteiger partial charge on any atom is 0.262 e. The van der Waals surface area contributed by atoms with Gasteiger partial charge in [0.25, 0.3) is 10.0 Å². The van der Waals surface area contributed by atoms with Crippen LogP contribution in [0.3, 0.4) is 0 Å². The van der Waals surface area contributed by atoms with Crippen molar-refractivity contribution in [2.24, 2.45) is 0 Å². The fourth-order valence-corrected chi connectivity index (χ4v) is 3.20. The Morgan fingerprint density at radius 2 is 2.00 bits per heavy atom. The Morgan fingerprint density at radius 3 is 2.62 bits per heavy atom. The standard InChI is InChI=1S/C14H12FN3O2S/c1-9-7-10(17)5-6-14(9)21(19,20)18-13-4-2-3-12(15)11(13)8-16/h2-7,18H,17H2,1H3. The lowest BCUT2D eigenvalue weighted by atomic mass is 10.2. The summed E-state index contributed by atoms with van der Waals surface area (Å²) in [6, 6.07) is 9.71. The number of nitrogens with two attached hydrogens (primary N) is 1. The Morgan fingerprint density at radius 1 is 1.29 bits per heavy atom. The highest BCUT2D eigenvalue weighted by atomic mass is 32.2. The van der Waals surface area contributed by atoms with Crippen LogP contribution < -0.4 is 10.5 Å². The van der Waals surface area contributed by atoms with Crippen molar-refractivity contribution in [1.29, 1.82) is 5.26 Å². The maximum absolute atomic E-state index is 13.5. The molecule has 0 heterocycles. The quantitative estimate of drug-likeness (QED) is 0.851. The van der Waals surface area contributed by atoms with Crippen LogP contribution in [0.1, 0.15) is 11.1 Å². The summed E-state index contributed by atoms with van der Waals surface area (Å²) in [6.07, 6.45) is 0. The predicted molar refractivity (Wildman–Crippen MR) is 77.5 cm³/mol. The van der Waals surface area contributed by atoms with Crippen LogP contribution >= 0.6 is 0 Å². The summed E-state index contributed by atoms with van der Waals surface area (Å²) in [5, 5.41) is 8.92. The number of aryl methyl sites for hydroxylation is 1. The molecule has 2 aromatic rings. The number of anilines is 2. The maximum atomic E-state index is 13.5. The van der Waals surface area contributed by atoms with Crippen molar-refractivity contribution in [3.8, 4) is 6.07 Å². The minimum atomic E-state index is -3.93. The van der Waals surface area contributed by atoms with Crippen LogP contribution in [0, 0.1) is 24.1 Å². The molecule has 0 spiro atoms. The molecule has 0 bridgehead atoms. The number of nitrogen functional groups attached to an aromatic ring is 1. The molecule has 0 radical (unpaired) electrons. The number of hydrogen-bond acceptors (Lipinski definition) is 4. The van der Waals surface area contributed by atoms with Crippen molar-refractivity contribution in [3.63, 3.8) is 0 Å². The molecular weight excluding hydrogens is 293 g/mol. The molecule has 0 aliphatic rings. The van der Waals surface area contributed by atoms with Gasteiger partial charge in [-0.3, -0.25) is 4.72 Å². The molecule has 108 valence electrons. The average molecular weight is 305 g/mol. The average Bonchev–Trinajstić information content (AvgIpc) is 2.38. The second kappa shape index (κ2) is 5.42. The SMILES string of the molecule is Cc1cc(N)ccc1S(=O)(=O)Nc1cccc(F)c1C#N. The van der Waals surface area contributed by atoms with Crippen LogP contribution in [0.4, 0.5) is 15.8 Å². The van der Waals surface area contributed by atoms with E-state index in [-0.39, 0.29) is 16.1 Å². The predicted octanol–water partition coefficient (Wildman–Crippen LogP) is 2.39. The molecule has 0 aliphatic carbocycles. The van der Waals surface area contributed by atoms with E-state index in [1.54, 1.807) is 13.0 Å². The van der Waals surface area contributed by atoms with Gasteiger partial charge in [-0.15, -0.1) is 0 Å². The summed E-state index contributed by atoms with van der Waals surface area (Å²) >= 11 is 0. The Labute approximate surface area is 121 Å². The van der Waals surface area contributed by atoms with Crippen LogP contribution in [-0.4, -0.2) is 8.42 Å². The number of nitrogens with zero attached hydrogens (tertiary/aromatic N) is 1. The second-order valence-corrected chi connectivity index (χ2v) is 6.06. The summed E-state index contributed by atoms with van der Waals surface area (Å²) in [7, 11) is -3.93. The van der Waals surface area contributed by atoms with Crippen LogP contribution in [0.5, 0.6) is 0 Å². The molecule has 0 amide bonds. The Bertz CT molecular complexity index is 842. The largest absolute Gasteiger partial charge is 0.399 e. The lowest BCUT2D eigenvalue weighted by Crippen LogP contribution is -2.15. The van der Waals surface area contributed by atoms with E-state index in [9.17, 15) is 12.8 Å². The molecule has 5 nitrogen and oxygen atoms in total. The molecule has 0 aromatic heterocycles. The van der Waals surface area contributed by atoms with E-state index < -0.39 is 15.8 Å². The zero-order valence-electron chi connectivity index (χ0n) is 11.1. The van der Waals surface area contributed by atoms with Crippen molar-refractivity contribution >= 4 is 21.4 Å². The fraction of sp³-hybridized carbons (Fsp3) is 0.0714. The number of rotatable bonds is 3. The van der Waals surface area contributed by atoms with Gasteiger partial charge in [-0.1, -0.05) is 6.07 Å². The zero-order valence-corrected chi connectivity index (χ0v) is 11.9. The van der Waals surface area contributed by atoms with Crippen molar-refractivity contribution in [3.05, 3.63) is 53.3 Å². The third-order valence-corrected chi connectivity index (χ3v) is 4.38. The lowest BCUT2D eigenvalue weighted by molar-refractivity contribution is 0.600. The molecule has 0 saturated heterocycles. The molecule has 2 aromatic carbocycles. The Hall–Kier alpha value is -2.59. The third-order valence-electron chi connectivity index (χ3n) is 2.86. The molecule has 3 N–H and O–H groups in total. The molecule has 7 heteroatoms. The van der Waals surface area contributed by atoms with Crippen molar-refractivity contribution < 1.29 is 12.8 Å². The first-order valence-electron chi connectivity index (χ1n) is 5.92. The molecule has 0 fully saturated rings. The highest BCUT2D eigenvalue weighted by Crippen LogP contribution is 2.24. The number of hydrogen-bond donors (Lipinski definition) is 2. The number of sulfonamides is 1. The van der Waals surface area contributed by atoms with E-state index in [0.29, 0.717) is 11.3 Å². The van der Waals surface area contributed by atoms with Crippen molar-refractivity contribution in [2.45, 2.75) is 11.8 Å². The summed E-state index contributed by atoms with van der Waals surface area (Å²) in [5.74, 6) is -0.785. The lowest BCUT2D eigenvalue weighted by Gasteiger charge is -2.12. The van der Waals surface area contributed by atoms with Gasteiger partial charge in [0, 0.05) is 5.69 Å². The highest BCUT2D eigenvalue weighted by molar-refractivity contribution is 7.92. The molecule has 21 heavy (non-hydrogen) atoms. The van der Waals surface area contributed by atoms with E-state index in [4.69, 9.17) is 11.0 Å². The van der Waals surface area contributed by atoms with Crippen LogP contribution in [0.25, 0.3) is 0 Å². The smallest absolute Gasteiger partial charge is 0.262 e. The Kier molecular flexibility index (Phi) is 3.82. The first-order valence-corrected chi connectivity index (χ1v) is 7.41. The van der Waals surface area contributed by atoms with Gasteiger partial charge < -0.3 is 5.73 Å². The van der Waals surface area contributed by atoms with E-state index in [0.717, 1.165) is 6.07 Å². The number of nitrogens with one attached hydrogen (secondary N) is 1. The summed E-state index contributed by atoms with van der Waals surface area (Å²) < 4.78 is 40.4. The fourth-order valence-electron chi connectivity index (χ4n) is 1.90. The first kappa shape index (κ1) is 14.8. The van der Waals surface area contributed by atoms with E-state index in [2.05, 4.69) is 4.72 Å². The van der Waals surface area contributed by atoms with Gasteiger partial charge in [-0.05, 0) is 42.8 Å². The van der Waals surface area contributed by atoms with Gasteiger partial charge in [0.2, 0.25) is 0 Å². The molecule has 0 aliphatic heterocycles. The monoisotopic (exact) mass is 305 g/mol. The van der Waals surface area contributed by atoms with Gasteiger partial charge in [0.05, 0.1) is 10.6 Å². The van der Waals surface area contributed by atoms with E-state index in [1.165, 1.54) is 30.3 Å². The van der Waals surface area contributed by atoms with Gasteiger partial charge in [-0.2, -0.15) is 5.26 Å². The van der Waals surface area contributed by atoms with Gasteiger partial charge in [0.1, 0.15) is 17.4 Å². The molecular formula is C14H12FN3O2S. The summed E-state index contributed by atoms with van der Waals surface area (Å²) in [5.41, 5.74) is 6.02. The topological polar surface area (TPSA) is 96.0 Å². The second-order valence-electron chi connectivity index (χ2n) is 4.40. The molecule has 2 rings (SSSR count). The molecule has 0 atom stereocenters. The van der Waals surface area contributed by atoms with E-state index >= 15 is 0 Å². The minimum Gasteiger partial charge on any atom is -0.399 e. The normalized spacial score (nSPS) is 10.9. The van der Waals surface area contributed by atoms with Gasteiger partial charge in [-0.25, -0.2) is 12.8 Å². The number of nitriles is 1. The van der Waals surface area contributed by atoms with Crippen LogP contribution in [0.2, 0.25) is 0 Å². The summed E-state index contributed by atoms with van der Waals surface area (Å²) in [4.78, 5) is 0.0184. The third kappa shape index (κ3) is 2.95. The van der Waals surface area contributed by atoms with Crippen molar-refractivity contribution in [1.82, 2.24) is 0 Å². The molecule has 0 saturated carbocycles. The summed E-state index contributed by atoms with van der Waals surface area (Å²) in [6.45, 7) is 1.60. The Balaban J connectivity index is 2.48. The van der Waals surface area contributed by atoms with Crippen molar-refractivity contribution in [2.75, 3.05) is 10.5 Å². The first-order chi connectivity index (χ1) is 9.85. The van der Waals surface area contributed by atoms with Crippen LogP contribution in [-0.2, 0) is 10.0 Å². The van der Waals surface area contributed by atoms with E-state index in [1.807, 2.05) is 0 Å².